The highest BCUT2D eigenvalue weighted by atomic mass is 35.5. The molecule has 0 N–H and O–H groups in total. The molecule has 0 fully saturated rings. The summed E-state index contributed by atoms with van der Waals surface area (Å²) in [4.78, 5) is 10.0. The molecule has 3 heteroatoms. The Labute approximate surface area is 55.8 Å². The molecule has 0 amide bonds. The predicted molar refractivity (Wildman–Crippen MR) is 35.3 cm³/mol. The van der Waals surface area contributed by atoms with Gasteiger partial charge in [0.2, 0.25) is 5.24 Å². The predicted octanol–water partition coefficient (Wildman–Crippen LogP) is 1.51. The summed E-state index contributed by atoms with van der Waals surface area (Å²) in [6.07, 6.45) is 2.81. The topological polar surface area (TPSA) is 17.1 Å². The molecule has 0 aliphatic carbocycles. The fourth-order valence-corrected chi connectivity index (χ4v) is 0.542. The molecular weight excluding hydrogens is 122 g/mol. The number of unbranched alkanes of at least 4 members (excludes halogenated alkanes) is 1. The van der Waals surface area contributed by atoms with Gasteiger partial charge in [0.1, 0.15) is 0 Å². The Morgan fingerprint density at radius 3 is 2.50 bits per heavy atom. The van der Waals surface area contributed by atoms with E-state index in [1.165, 1.54) is 0 Å². The maximum absolute atomic E-state index is 10.0. The van der Waals surface area contributed by atoms with E-state index in [2.05, 4.69) is 0 Å². The van der Waals surface area contributed by atoms with Crippen LogP contribution in [0.25, 0.3) is 0 Å². The first-order valence-electron chi connectivity index (χ1n) is 2.65. The maximum Gasteiger partial charge on any atom is 0.221 e. The van der Waals surface area contributed by atoms with Crippen molar-refractivity contribution in [3.05, 3.63) is 0 Å². The van der Waals surface area contributed by atoms with E-state index in [4.69, 9.17) is 19.4 Å². The standard InChI is InChI=1S/C5H8BClO/c6-4-2-1-3-5(7)8/h1-4H2. The van der Waals surface area contributed by atoms with Gasteiger partial charge in [0, 0.05) is 6.42 Å². The van der Waals surface area contributed by atoms with Gasteiger partial charge in [-0.1, -0.05) is 12.7 Å². The zero-order chi connectivity index (χ0) is 6.41. The number of carbonyl (C=O) groups excluding carboxylic acids is 1. The Hall–Kier alpha value is 0.0249. The van der Waals surface area contributed by atoms with Gasteiger partial charge in [-0.15, -0.1) is 0 Å². The number of carbonyl (C=O) groups is 1. The van der Waals surface area contributed by atoms with Crippen LogP contribution in [0.15, 0.2) is 0 Å². The van der Waals surface area contributed by atoms with Crippen LogP contribution in [-0.2, 0) is 4.79 Å². The van der Waals surface area contributed by atoms with Crippen LogP contribution >= 0.6 is 11.6 Å². The minimum absolute atomic E-state index is 0.265. The summed E-state index contributed by atoms with van der Waals surface area (Å²) < 4.78 is 0. The van der Waals surface area contributed by atoms with Crippen molar-refractivity contribution in [1.29, 1.82) is 0 Å². The quantitative estimate of drug-likeness (QED) is 0.320. The van der Waals surface area contributed by atoms with E-state index < -0.39 is 0 Å². The van der Waals surface area contributed by atoms with Crippen LogP contribution in [0.5, 0.6) is 0 Å². The highest BCUT2D eigenvalue weighted by Gasteiger charge is 1.92. The second-order valence-corrected chi connectivity index (χ2v) is 2.02. The Morgan fingerprint density at radius 2 is 2.12 bits per heavy atom. The largest absolute Gasteiger partial charge is 0.281 e. The van der Waals surface area contributed by atoms with Crippen molar-refractivity contribution >= 4 is 24.7 Å². The molecule has 0 heterocycles. The third-order valence-electron chi connectivity index (χ3n) is 0.827. The lowest BCUT2D eigenvalue weighted by Crippen LogP contribution is -1.84. The van der Waals surface area contributed by atoms with E-state index >= 15 is 0 Å². The molecule has 0 rings (SSSR count). The monoisotopic (exact) mass is 130 g/mol. The Balaban J connectivity index is 2.82. The summed E-state index contributed by atoms with van der Waals surface area (Å²) in [5, 5.41) is -0.265. The van der Waals surface area contributed by atoms with E-state index in [1.807, 2.05) is 0 Å². The molecule has 0 aromatic carbocycles. The normalized spacial score (nSPS) is 9.12. The molecule has 0 aliphatic heterocycles. The molecule has 0 saturated carbocycles. The molecule has 8 heavy (non-hydrogen) atoms. The number of hydrogen-bond donors (Lipinski definition) is 0. The number of rotatable bonds is 4. The minimum atomic E-state index is -0.265. The van der Waals surface area contributed by atoms with E-state index in [1.54, 1.807) is 0 Å². The second kappa shape index (κ2) is 5.17. The summed E-state index contributed by atoms with van der Waals surface area (Å²) >= 11 is 5.03. The van der Waals surface area contributed by atoms with Gasteiger partial charge in [-0.25, -0.2) is 0 Å². The van der Waals surface area contributed by atoms with Crippen molar-refractivity contribution in [3.63, 3.8) is 0 Å². The fraction of sp³-hybridized carbons (Fsp3) is 0.800. The molecule has 0 unspecified atom stereocenters. The lowest BCUT2D eigenvalue weighted by atomic mass is 10.00. The third-order valence-corrected chi connectivity index (χ3v) is 1.02. The zero-order valence-electron chi connectivity index (χ0n) is 4.69. The van der Waals surface area contributed by atoms with Gasteiger partial charge in [-0.2, -0.15) is 0 Å². The molecular formula is C5H8BClO. The van der Waals surface area contributed by atoms with Crippen LogP contribution in [-0.4, -0.2) is 13.1 Å². The van der Waals surface area contributed by atoms with Gasteiger partial charge in [0.25, 0.3) is 0 Å². The number of hydrogen-bond acceptors (Lipinski definition) is 1. The van der Waals surface area contributed by atoms with Crippen LogP contribution in [0.1, 0.15) is 19.3 Å². The van der Waals surface area contributed by atoms with E-state index in [9.17, 15) is 4.79 Å². The third kappa shape index (κ3) is 6.02. The summed E-state index contributed by atoms with van der Waals surface area (Å²) in [5.74, 6) is 0. The van der Waals surface area contributed by atoms with E-state index in [0.29, 0.717) is 12.7 Å². The smallest absolute Gasteiger partial charge is 0.221 e. The SMILES string of the molecule is [B]CCCCC(=O)Cl. The molecule has 0 aliphatic rings. The molecule has 1 nitrogen and oxygen atoms in total. The molecule has 0 atom stereocenters. The van der Waals surface area contributed by atoms with Crippen LogP contribution in [0.2, 0.25) is 6.32 Å². The lowest BCUT2D eigenvalue weighted by molar-refractivity contribution is -0.111. The van der Waals surface area contributed by atoms with Crippen molar-refractivity contribution in [1.82, 2.24) is 0 Å². The summed E-state index contributed by atoms with van der Waals surface area (Å²) in [6.45, 7) is 0. The summed E-state index contributed by atoms with van der Waals surface area (Å²) in [5.41, 5.74) is 0. The van der Waals surface area contributed by atoms with Crippen LogP contribution in [0.4, 0.5) is 0 Å². The number of halogens is 1. The highest BCUT2D eigenvalue weighted by Crippen LogP contribution is 2.00. The Bertz CT molecular complexity index is 74.8. The van der Waals surface area contributed by atoms with Gasteiger partial charge < -0.3 is 0 Å². The van der Waals surface area contributed by atoms with Crippen molar-refractivity contribution in [3.8, 4) is 0 Å². The molecule has 44 valence electrons. The van der Waals surface area contributed by atoms with Gasteiger partial charge in [0.15, 0.2) is 0 Å². The first-order chi connectivity index (χ1) is 3.77. The molecule has 0 saturated heterocycles. The van der Waals surface area contributed by atoms with Crippen LogP contribution < -0.4 is 0 Å². The molecule has 0 aromatic heterocycles. The highest BCUT2D eigenvalue weighted by molar-refractivity contribution is 6.63. The van der Waals surface area contributed by atoms with Crippen molar-refractivity contribution in [2.45, 2.75) is 25.6 Å². The van der Waals surface area contributed by atoms with Gasteiger partial charge in [-0.05, 0) is 18.0 Å². The maximum atomic E-state index is 10.0. The summed E-state index contributed by atoms with van der Waals surface area (Å²) in [7, 11) is 5.16. The molecule has 0 bridgehead atoms. The van der Waals surface area contributed by atoms with Gasteiger partial charge in [-0.3, -0.25) is 4.79 Å². The minimum Gasteiger partial charge on any atom is -0.281 e. The first kappa shape index (κ1) is 8.02. The van der Waals surface area contributed by atoms with Gasteiger partial charge >= 0.3 is 0 Å². The van der Waals surface area contributed by atoms with Crippen molar-refractivity contribution in [2.75, 3.05) is 0 Å². The molecule has 0 aromatic rings. The average molecular weight is 130 g/mol. The average Bonchev–Trinajstić information content (AvgIpc) is 1.66. The van der Waals surface area contributed by atoms with Crippen molar-refractivity contribution in [2.24, 2.45) is 0 Å². The van der Waals surface area contributed by atoms with Crippen LogP contribution in [0.3, 0.4) is 0 Å². The van der Waals surface area contributed by atoms with E-state index in [0.717, 1.165) is 12.8 Å². The first-order valence-corrected chi connectivity index (χ1v) is 3.03. The Kier molecular flexibility index (Phi) is 5.18. The van der Waals surface area contributed by atoms with Crippen LogP contribution in [0, 0.1) is 0 Å². The molecule has 0 spiro atoms. The van der Waals surface area contributed by atoms with Gasteiger partial charge in [0.05, 0.1) is 7.85 Å². The summed E-state index contributed by atoms with van der Waals surface area (Å²) in [6, 6.07) is 0. The van der Waals surface area contributed by atoms with E-state index in [-0.39, 0.29) is 5.24 Å². The second-order valence-electron chi connectivity index (χ2n) is 1.60. The molecule has 2 radical (unpaired) electrons. The Morgan fingerprint density at radius 1 is 1.50 bits per heavy atom. The lowest BCUT2D eigenvalue weighted by Gasteiger charge is -1.89. The zero-order valence-corrected chi connectivity index (χ0v) is 5.45. The fourth-order valence-electron chi connectivity index (χ4n) is 0.408. The van der Waals surface area contributed by atoms with Crippen molar-refractivity contribution < 1.29 is 4.79 Å².